The lowest BCUT2D eigenvalue weighted by atomic mass is 9.74. The number of rotatable bonds is 74. The van der Waals surface area contributed by atoms with E-state index in [0.29, 0.717) is 171 Å². The summed E-state index contributed by atoms with van der Waals surface area (Å²) in [5.74, 6) is -6.76. The molecule has 144 heavy (non-hydrogen) atoms. The number of ether oxygens (including phenoxy) is 23. The van der Waals surface area contributed by atoms with Gasteiger partial charge in [-0.05, 0) is 82.5 Å². The van der Waals surface area contributed by atoms with Crippen molar-refractivity contribution in [1.29, 1.82) is 0 Å². The van der Waals surface area contributed by atoms with Crippen LogP contribution in [0.25, 0.3) is 0 Å². The van der Waals surface area contributed by atoms with E-state index in [-0.39, 0.29) is 133 Å². The van der Waals surface area contributed by atoms with Gasteiger partial charge in [0.15, 0.2) is 37.4 Å². The van der Waals surface area contributed by atoms with Gasteiger partial charge in [-0.1, -0.05) is 97.8 Å². The molecule has 8 fully saturated rings. The van der Waals surface area contributed by atoms with Crippen molar-refractivity contribution in [3.63, 3.8) is 0 Å². The molecule has 8 aliphatic rings. The Morgan fingerprint density at radius 2 is 0.694 bits per heavy atom. The van der Waals surface area contributed by atoms with Gasteiger partial charge in [0.1, 0.15) is 79.0 Å². The highest BCUT2D eigenvalue weighted by Crippen LogP contribution is 2.44. The van der Waals surface area contributed by atoms with Crippen LogP contribution in [0.15, 0.2) is 0 Å². The van der Waals surface area contributed by atoms with Crippen molar-refractivity contribution >= 4 is 41.4 Å². The topological polar surface area (TPSA) is 623 Å². The molecule has 30 atom stereocenters. The molecule has 16 N–H and O–H groups in total. The van der Waals surface area contributed by atoms with E-state index in [1.54, 1.807) is 6.92 Å². The third kappa shape index (κ3) is 43.7. The summed E-state index contributed by atoms with van der Waals surface area (Å²) in [7, 11) is 0. The van der Waals surface area contributed by atoms with Gasteiger partial charge in [-0.3, -0.25) is 24.0 Å². The molecular formula is C98H172N4O42. The smallest absolute Gasteiger partial charge is 0.332 e. The van der Waals surface area contributed by atoms with Crippen LogP contribution >= 0.6 is 0 Å². The van der Waals surface area contributed by atoms with Crippen molar-refractivity contribution < 1.29 is 204 Å². The lowest BCUT2D eigenvalue weighted by Gasteiger charge is -2.49. The molecule has 4 heterocycles. The second kappa shape index (κ2) is 70.4. The number of carboxylic acid groups (broad SMARTS) is 2. The van der Waals surface area contributed by atoms with Gasteiger partial charge in [0.25, 0.3) is 0 Å². The molecule has 836 valence electrons. The molecule has 0 aromatic rings. The number of carbonyl (C=O) groups is 7. The van der Waals surface area contributed by atoms with Gasteiger partial charge in [0.05, 0.1) is 228 Å². The summed E-state index contributed by atoms with van der Waals surface area (Å²) in [6.45, 7) is 17.8. The molecule has 0 spiro atoms. The highest BCUT2D eigenvalue weighted by Gasteiger charge is 2.56. The molecule has 8 rings (SSSR count). The molecule has 4 aliphatic carbocycles. The molecule has 0 aromatic carbocycles. The zero-order valence-corrected chi connectivity index (χ0v) is 85.1. The number of ketones is 1. The number of nitrogens with one attached hydrogen (secondary N) is 4. The molecule has 4 amide bonds. The second-order valence-electron chi connectivity index (χ2n) is 38.5. The van der Waals surface area contributed by atoms with Gasteiger partial charge in [0.2, 0.25) is 23.6 Å². The maximum absolute atomic E-state index is 14.1. The Labute approximate surface area is 845 Å². The van der Waals surface area contributed by atoms with Crippen LogP contribution in [0, 0.1) is 41.4 Å². The van der Waals surface area contributed by atoms with Gasteiger partial charge in [-0.2, -0.15) is 0 Å². The largest absolute Gasteiger partial charge is 0.479 e. The fraction of sp³-hybridized carbons (Fsp3) is 0.929. The van der Waals surface area contributed by atoms with Gasteiger partial charge in [-0.15, -0.1) is 0 Å². The van der Waals surface area contributed by atoms with E-state index >= 15 is 0 Å². The summed E-state index contributed by atoms with van der Waals surface area (Å²) in [4.78, 5) is 91.8. The predicted octanol–water partition coefficient (Wildman–Crippen LogP) is -0.337. The maximum Gasteiger partial charge on any atom is 0.332 e. The standard InChI is InChI=1S/C98H172N4O42/c1-7-66-54-68(56-71(89(66)143-97-86(115)84(113)80(109)61(4)135-97)140-96-79(102-63(6)105)91(83(112)76(59-104)142-96)138-74(94(120)121)53-65-18-13-10-14-19-65)70(106)20-15-23-99-77(107)21-26-122-28-30-124-32-34-126-36-38-128-40-42-130-44-46-132-48-50-134-51-49-133-47-45-131-43-41-129-39-37-127-35-33-125-31-29-123-27-22-78(108)100-24-25-101-92(117)69-55-67(8-2)90(144-98-87(116)85(114)81(110)62(5)136-98)72(57-69)139-95-60(3)88(82(111)75(58-103)141-95)137-73(93(118)119)52-64-16-11-9-12-17-64/h60-62,64-69,71-76,79-91,95-98,103-104,109-116H,7-59H2,1-6H3,(H,99,107)(H,100,108)(H,101,117)(H,102,105)(H,118,119)(H,120,121)/t60-,61+,62+,66+,67+,68-,69-,71-,72-,73+,74+,75-,76-,79-,80-,81-,82+,83+,84-,85-,86+,87+,88-,89-,90-,91-,95-,96-,97+,98+/m1/s1. The molecule has 0 bridgehead atoms. The summed E-state index contributed by atoms with van der Waals surface area (Å²) in [5.41, 5.74) is 0. The Kier molecular flexibility index (Phi) is 60.8. The van der Waals surface area contributed by atoms with Crippen LogP contribution < -0.4 is 21.3 Å². The van der Waals surface area contributed by atoms with E-state index < -0.39 is 214 Å². The summed E-state index contributed by atoms with van der Waals surface area (Å²) < 4.78 is 135. The zero-order valence-electron chi connectivity index (χ0n) is 85.1. The number of aliphatic hydroxyl groups excluding tert-OH is 10. The van der Waals surface area contributed by atoms with E-state index in [1.165, 1.54) is 20.8 Å². The summed E-state index contributed by atoms with van der Waals surface area (Å²) >= 11 is 0. The minimum Gasteiger partial charge on any atom is -0.479 e. The minimum atomic E-state index is -1.69. The van der Waals surface area contributed by atoms with Crippen molar-refractivity contribution in [3.05, 3.63) is 0 Å². The lowest BCUT2D eigenvalue weighted by molar-refractivity contribution is -0.343. The van der Waals surface area contributed by atoms with Crippen LogP contribution in [-0.2, 0) is 143 Å². The van der Waals surface area contributed by atoms with Crippen molar-refractivity contribution in [2.45, 2.75) is 336 Å². The fourth-order valence-electron chi connectivity index (χ4n) is 19.5. The first-order valence-electron chi connectivity index (χ1n) is 52.3. The van der Waals surface area contributed by atoms with Crippen LogP contribution in [0.2, 0.25) is 0 Å². The molecule has 4 saturated carbocycles. The first kappa shape index (κ1) is 124. The molecule has 0 aromatic heterocycles. The van der Waals surface area contributed by atoms with Crippen molar-refractivity contribution in [1.82, 2.24) is 21.3 Å². The Balaban J connectivity index is 0.551. The average Bonchev–Trinajstić information content (AvgIpc) is 0.769. The Morgan fingerprint density at radius 1 is 0.354 bits per heavy atom. The van der Waals surface area contributed by atoms with E-state index in [4.69, 9.17) is 109 Å². The first-order valence-corrected chi connectivity index (χ1v) is 52.3. The first-order chi connectivity index (χ1) is 69.5. The number of hydrogen-bond acceptors (Lipinski definition) is 40. The molecule has 0 unspecified atom stereocenters. The van der Waals surface area contributed by atoms with Crippen molar-refractivity contribution in [3.8, 4) is 0 Å². The zero-order chi connectivity index (χ0) is 104. The van der Waals surface area contributed by atoms with E-state index in [2.05, 4.69) is 21.3 Å². The van der Waals surface area contributed by atoms with Crippen LogP contribution in [0.3, 0.4) is 0 Å². The highest BCUT2D eigenvalue weighted by atomic mass is 16.8. The van der Waals surface area contributed by atoms with Crippen LogP contribution in [-0.4, -0.2) is 461 Å². The van der Waals surface area contributed by atoms with Crippen LogP contribution in [0.1, 0.15) is 183 Å². The van der Waals surface area contributed by atoms with Crippen LogP contribution in [0.4, 0.5) is 0 Å². The summed E-state index contributed by atoms with van der Waals surface area (Å²) in [6, 6.07) is -1.34. The monoisotopic (exact) mass is 2080 g/mol. The summed E-state index contributed by atoms with van der Waals surface area (Å²) in [6.07, 6.45) is -19.6. The Hall–Kier alpha value is -4.83. The van der Waals surface area contributed by atoms with Crippen molar-refractivity contribution in [2.75, 3.05) is 205 Å². The maximum atomic E-state index is 14.1. The van der Waals surface area contributed by atoms with E-state index in [0.717, 1.165) is 64.2 Å². The quantitative estimate of drug-likeness (QED) is 0.0347. The number of carboxylic acids is 2. The number of carbonyl (C=O) groups excluding carboxylic acids is 5. The lowest BCUT2D eigenvalue weighted by Crippen LogP contribution is -2.67. The summed E-state index contributed by atoms with van der Waals surface area (Å²) in [5, 5.41) is 140. The molecule has 0 radical (unpaired) electrons. The predicted molar refractivity (Wildman–Crippen MR) is 506 cm³/mol. The van der Waals surface area contributed by atoms with Crippen molar-refractivity contribution in [2.24, 2.45) is 41.4 Å². The van der Waals surface area contributed by atoms with Gasteiger partial charge in [-0.25, -0.2) is 9.59 Å². The van der Waals surface area contributed by atoms with E-state index in [9.17, 15) is 94.8 Å². The highest BCUT2D eigenvalue weighted by molar-refractivity contribution is 5.82. The third-order valence-electron chi connectivity index (χ3n) is 27.8. The minimum absolute atomic E-state index is 0.0124. The number of hydrogen-bond donors (Lipinski definition) is 16. The number of aliphatic carboxylic acids is 2. The molecule has 4 saturated heterocycles. The normalized spacial score (nSPS) is 31.9. The van der Waals surface area contributed by atoms with Gasteiger partial charge < -0.3 is 191 Å². The SMILES string of the molecule is CC[C@H]1C[C@@H](C(=O)NCCNC(=O)CCOCCOCCOCCOCCOCCOCCOCCOCCOCCOCCOCCOCCOCCC(=O)NCCCC(=O)[C@@H]2C[C@H](CC)[C@@H](O[C@@H]3O[C@@H](C)[C@@H](O)[C@@H](O)[C@@H]3O)[C@H](O[C@@H]3O[C@H](CO)[C@H](O)[C@H](O[C@@H](CC4CCCCC4)C(=O)O)[C@H]3NC(C)=O)C2)C[C@@H](O[C@@H]2O[C@H](CO)[C@H](O)[C@H](O[C@@H](CC3CCCCC3)C(=O)O)[C@H]2C)[C@@H]1O[C@@H]1O[C@@H](C)[C@@H](O)[C@@H](O)[C@@H]1O. The van der Waals surface area contributed by atoms with E-state index in [1.807, 2.05) is 13.8 Å². The number of aliphatic hydroxyl groups is 10. The number of Topliss-reactive ketones (excluding diaryl/α,β-unsaturated/α-hetero) is 1. The Morgan fingerprint density at radius 3 is 1.07 bits per heavy atom. The van der Waals surface area contributed by atoms with Gasteiger partial charge >= 0.3 is 11.9 Å². The molecular weight excluding hydrogens is 1910 g/mol. The molecule has 46 heteroatoms. The van der Waals surface area contributed by atoms with Gasteiger partial charge in [0, 0.05) is 63.6 Å². The molecule has 46 nitrogen and oxygen atoms in total. The fourth-order valence-corrected chi connectivity index (χ4v) is 19.5. The van der Waals surface area contributed by atoms with Crippen LogP contribution in [0.5, 0.6) is 0 Å². The number of amides is 4. The Bertz CT molecular complexity index is 3500. The average molecular weight is 2080 g/mol. The molecule has 4 aliphatic heterocycles. The second-order valence-corrected chi connectivity index (χ2v) is 38.5. The third-order valence-corrected chi connectivity index (χ3v) is 27.8.